The van der Waals surface area contributed by atoms with Crippen LogP contribution in [0.3, 0.4) is 0 Å². The average Bonchev–Trinajstić information content (AvgIpc) is 3.17. The highest BCUT2D eigenvalue weighted by Crippen LogP contribution is 2.30. The van der Waals surface area contributed by atoms with Gasteiger partial charge in [0.05, 0.1) is 5.69 Å². The first-order chi connectivity index (χ1) is 12.7. The fourth-order valence-electron chi connectivity index (χ4n) is 4.34. The number of fused-ring (bicyclic) bond motifs is 1. The van der Waals surface area contributed by atoms with Crippen LogP contribution in [0.4, 0.5) is 0 Å². The number of piperidine rings is 2. The molecule has 26 heavy (non-hydrogen) atoms. The molecule has 0 bridgehead atoms. The third-order valence-corrected chi connectivity index (χ3v) is 5.97. The zero-order chi connectivity index (χ0) is 17.9. The van der Waals surface area contributed by atoms with Gasteiger partial charge < -0.3 is 10.2 Å². The van der Waals surface area contributed by atoms with Crippen LogP contribution in [-0.2, 0) is 0 Å². The summed E-state index contributed by atoms with van der Waals surface area (Å²) >= 11 is 5.92. The Balaban J connectivity index is 1.37. The molecule has 0 aliphatic carbocycles. The van der Waals surface area contributed by atoms with E-state index in [1.807, 2.05) is 24.3 Å². The molecule has 3 heterocycles. The number of carbonyl (C=O) groups is 1. The zero-order valence-corrected chi connectivity index (χ0v) is 15.6. The molecule has 5 nitrogen and oxygen atoms in total. The van der Waals surface area contributed by atoms with E-state index in [1.165, 1.54) is 45.2 Å². The van der Waals surface area contributed by atoms with Crippen molar-refractivity contribution < 1.29 is 4.79 Å². The molecule has 4 rings (SSSR count). The Morgan fingerprint density at radius 2 is 2.00 bits per heavy atom. The van der Waals surface area contributed by atoms with Gasteiger partial charge in [0.2, 0.25) is 0 Å². The molecule has 2 fully saturated rings. The monoisotopic (exact) mass is 372 g/mol. The first-order valence-corrected chi connectivity index (χ1v) is 9.92. The molecular formula is C20H25ClN4O. The van der Waals surface area contributed by atoms with Gasteiger partial charge in [0, 0.05) is 23.2 Å². The SMILES string of the molecule is O=C(NCC1CCCN2CCCCC12)c1cc(-c2ccc(Cl)cc2)n[nH]1. The highest BCUT2D eigenvalue weighted by molar-refractivity contribution is 6.30. The molecular weight excluding hydrogens is 348 g/mol. The Labute approximate surface area is 159 Å². The van der Waals surface area contributed by atoms with Crippen LogP contribution in [0.25, 0.3) is 11.3 Å². The largest absolute Gasteiger partial charge is 0.350 e. The van der Waals surface area contributed by atoms with Gasteiger partial charge in [-0.3, -0.25) is 9.89 Å². The number of hydrogen-bond donors (Lipinski definition) is 2. The van der Waals surface area contributed by atoms with Crippen molar-refractivity contribution in [1.82, 2.24) is 20.4 Å². The molecule has 2 unspecified atom stereocenters. The maximum absolute atomic E-state index is 12.5. The van der Waals surface area contributed by atoms with Gasteiger partial charge >= 0.3 is 0 Å². The minimum Gasteiger partial charge on any atom is -0.350 e. The standard InChI is InChI=1S/C20H25ClN4O/c21-16-8-6-14(7-9-16)17-12-18(24-23-17)20(26)22-13-15-4-3-11-25-10-2-1-5-19(15)25/h6-9,12,15,19H,1-5,10-11,13H2,(H,22,26)(H,23,24). The fourth-order valence-corrected chi connectivity index (χ4v) is 4.47. The molecule has 6 heteroatoms. The molecule has 0 saturated carbocycles. The molecule has 2 saturated heterocycles. The lowest BCUT2D eigenvalue weighted by Gasteiger charge is -2.44. The number of nitrogens with zero attached hydrogens (tertiary/aromatic N) is 2. The van der Waals surface area contributed by atoms with Crippen LogP contribution in [0.15, 0.2) is 30.3 Å². The predicted octanol–water partition coefficient (Wildman–Crippen LogP) is 3.72. The first-order valence-electron chi connectivity index (χ1n) is 9.54. The van der Waals surface area contributed by atoms with Gasteiger partial charge in [0.1, 0.15) is 5.69 Å². The predicted molar refractivity (Wildman–Crippen MR) is 103 cm³/mol. The second-order valence-corrected chi connectivity index (χ2v) is 7.82. The fraction of sp³-hybridized carbons (Fsp3) is 0.500. The molecule has 2 atom stereocenters. The zero-order valence-electron chi connectivity index (χ0n) is 14.9. The second kappa shape index (κ2) is 7.80. The lowest BCUT2D eigenvalue weighted by atomic mass is 9.83. The normalized spacial score (nSPS) is 23.4. The minimum atomic E-state index is -0.0781. The molecule has 2 aliphatic heterocycles. The third kappa shape index (κ3) is 3.79. The van der Waals surface area contributed by atoms with E-state index < -0.39 is 0 Å². The number of carbonyl (C=O) groups excluding carboxylic acids is 1. The summed E-state index contributed by atoms with van der Waals surface area (Å²) in [5.74, 6) is 0.484. The van der Waals surface area contributed by atoms with Crippen molar-refractivity contribution in [3.05, 3.63) is 41.0 Å². The van der Waals surface area contributed by atoms with Crippen LogP contribution in [0.5, 0.6) is 0 Å². The van der Waals surface area contributed by atoms with Gasteiger partial charge in [-0.2, -0.15) is 5.10 Å². The molecule has 1 aromatic heterocycles. The Morgan fingerprint density at radius 3 is 2.85 bits per heavy atom. The van der Waals surface area contributed by atoms with Gasteiger partial charge in [0.15, 0.2) is 0 Å². The molecule has 1 aromatic carbocycles. The maximum Gasteiger partial charge on any atom is 0.269 e. The first kappa shape index (κ1) is 17.6. The van der Waals surface area contributed by atoms with Crippen LogP contribution in [-0.4, -0.2) is 46.7 Å². The summed E-state index contributed by atoms with van der Waals surface area (Å²) < 4.78 is 0. The Hall–Kier alpha value is -1.85. The highest BCUT2D eigenvalue weighted by Gasteiger charge is 2.33. The summed E-state index contributed by atoms with van der Waals surface area (Å²) in [5.41, 5.74) is 2.20. The second-order valence-electron chi connectivity index (χ2n) is 7.39. The Bertz CT molecular complexity index is 755. The highest BCUT2D eigenvalue weighted by atomic mass is 35.5. The summed E-state index contributed by atoms with van der Waals surface area (Å²) in [7, 11) is 0. The molecule has 2 aliphatic rings. The quantitative estimate of drug-likeness (QED) is 0.859. The van der Waals surface area contributed by atoms with Gasteiger partial charge in [-0.1, -0.05) is 30.2 Å². The molecule has 138 valence electrons. The summed E-state index contributed by atoms with van der Waals surface area (Å²) in [4.78, 5) is 15.2. The number of aromatic amines is 1. The van der Waals surface area contributed by atoms with E-state index in [0.717, 1.165) is 17.8 Å². The van der Waals surface area contributed by atoms with Gasteiger partial charge in [-0.25, -0.2) is 0 Å². The Morgan fingerprint density at radius 1 is 1.19 bits per heavy atom. The summed E-state index contributed by atoms with van der Waals surface area (Å²) in [6.07, 6.45) is 6.35. The topological polar surface area (TPSA) is 61.0 Å². The molecule has 2 aromatic rings. The number of aromatic nitrogens is 2. The summed E-state index contributed by atoms with van der Waals surface area (Å²) in [6.45, 7) is 3.19. The van der Waals surface area contributed by atoms with Crippen molar-refractivity contribution in [1.29, 1.82) is 0 Å². The number of hydrogen-bond acceptors (Lipinski definition) is 3. The van der Waals surface area contributed by atoms with E-state index in [4.69, 9.17) is 11.6 Å². The number of halogens is 1. The van der Waals surface area contributed by atoms with E-state index in [9.17, 15) is 4.79 Å². The average molecular weight is 373 g/mol. The van der Waals surface area contributed by atoms with E-state index >= 15 is 0 Å². The minimum absolute atomic E-state index is 0.0781. The van der Waals surface area contributed by atoms with Gasteiger partial charge in [-0.15, -0.1) is 0 Å². The van der Waals surface area contributed by atoms with Crippen LogP contribution < -0.4 is 5.32 Å². The molecule has 0 radical (unpaired) electrons. The van der Waals surface area contributed by atoms with Crippen molar-refractivity contribution in [2.75, 3.05) is 19.6 Å². The number of amides is 1. The van der Waals surface area contributed by atoms with Crippen LogP contribution in [0.2, 0.25) is 5.02 Å². The number of nitrogens with one attached hydrogen (secondary N) is 2. The molecule has 0 spiro atoms. The lowest BCUT2D eigenvalue weighted by molar-refractivity contribution is 0.0575. The van der Waals surface area contributed by atoms with Crippen LogP contribution in [0, 0.1) is 5.92 Å². The smallest absolute Gasteiger partial charge is 0.269 e. The number of H-pyrrole nitrogens is 1. The van der Waals surface area contributed by atoms with Crippen molar-refractivity contribution in [2.45, 2.75) is 38.1 Å². The van der Waals surface area contributed by atoms with E-state index in [2.05, 4.69) is 20.4 Å². The van der Waals surface area contributed by atoms with Crippen molar-refractivity contribution in [2.24, 2.45) is 5.92 Å². The molecule has 2 N–H and O–H groups in total. The number of benzene rings is 1. The van der Waals surface area contributed by atoms with Crippen molar-refractivity contribution in [3.63, 3.8) is 0 Å². The third-order valence-electron chi connectivity index (χ3n) is 5.72. The summed E-state index contributed by atoms with van der Waals surface area (Å²) in [6, 6.07) is 9.89. The summed E-state index contributed by atoms with van der Waals surface area (Å²) in [5, 5.41) is 10.9. The van der Waals surface area contributed by atoms with Crippen molar-refractivity contribution in [3.8, 4) is 11.3 Å². The van der Waals surface area contributed by atoms with Crippen molar-refractivity contribution >= 4 is 17.5 Å². The van der Waals surface area contributed by atoms with Crippen LogP contribution >= 0.6 is 11.6 Å². The van der Waals surface area contributed by atoms with E-state index in [-0.39, 0.29) is 5.91 Å². The maximum atomic E-state index is 12.5. The van der Waals surface area contributed by atoms with Gasteiger partial charge in [-0.05, 0) is 62.9 Å². The Kier molecular flexibility index (Phi) is 5.27. The lowest BCUT2D eigenvalue weighted by Crippen LogP contribution is -2.51. The van der Waals surface area contributed by atoms with E-state index in [0.29, 0.717) is 22.7 Å². The van der Waals surface area contributed by atoms with E-state index in [1.54, 1.807) is 6.07 Å². The number of rotatable bonds is 4. The van der Waals surface area contributed by atoms with Crippen LogP contribution in [0.1, 0.15) is 42.6 Å². The van der Waals surface area contributed by atoms with Gasteiger partial charge in [0.25, 0.3) is 5.91 Å². The molecule has 1 amide bonds.